The molecular formula is C18H29IN4O2. The zero-order valence-electron chi connectivity index (χ0n) is 15.0. The second-order valence-electron chi connectivity index (χ2n) is 5.87. The first-order valence-electron chi connectivity index (χ1n) is 8.67. The van der Waals surface area contributed by atoms with Gasteiger partial charge in [0.1, 0.15) is 11.9 Å². The minimum Gasteiger partial charge on any atom is -0.490 e. The summed E-state index contributed by atoms with van der Waals surface area (Å²) in [4.78, 5) is 18.2. The number of nitrogens with one attached hydrogen (secondary N) is 2. The van der Waals surface area contributed by atoms with Crippen molar-refractivity contribution in [2.24, 2.45) is 4.99 Å². The van der Waals surface area contributed by atoms with E-state index in [2.05, 4.69) is 20.5 Å². The van der Waals surface area contributed by atoms with Gasteiger partial charge in [-0.05, 0) is 18.6 Å². The van der Waals surface area contributed by atoms with Gasteiger partial charge in [0.05, 0.1) is 6.54 Å². The Bertz CT molecular complexity index is 531. The summed E-state index contributed by atoms with van der Waals surface area (Å²) >= 11 is 0. The molecule has 7 heteroatoms. The fourth-order valence-corrected chi connectivity index (χ4v) is 2.70. The summed E-state index contributed by atoms with van der Waals surface area (Å²) in [6.07, 6.45) is 3.06. The summed E-state index contributed by atoms with van der Waals surface area (Å²) in [7, 11) is 1.75. The Morgan fingerprint density at radius 2 is 1.92 bits per heavy atom. The molecule has 25 heavy (non-hydrogen) atoms. The monoisotopic (exact) mass is 460 g/mol. The van der Waals surface area contributed by atoms with Crippen molar-refractivity contribution in [2.75, 3.05) is 33.2 Å². The number of nitrogens with zero attached hydrogens (tertiary/aromatic N) is 2. The first-order valence-corrected chi connectivity index (χ1v) is 8.67. The number of halogens is 1. The molecule has 1 aromatic carbocycles. The molecule has 2 N–H and O–H groups in total. The van der Waals surface area contributed by atoms with Crippen LogP contribution in [0.4, 0.5) is 0 Å². The number of piperidine rings is 1. The maximum Gasteiger partial charge on any atom is 0.239 e. The van der Waals surface area contributed by atoms with Crippen molar-refractivity contribution in [1.29, 1.82) is 0 Å². The fourth-order valence-electron chi connectivity index (χ4n) is 2.70. The van der Waals surface area contributed by atoms with Gasteiger partial charge in [0.2, 0.25) is 5.91 Å². The van der Waals surface area contributed by atoms with Crippen molar-refractivity contribution in [3.63, 3.8) is 0 Å². The molecule has 6 nitrogen and oxygen atoms in total. The first kappa shape index (κ1) is 21.5. The third kappa shape index (κ3) is 7.50. The zero-order valence-corrected chi connectivity index (χ0v) is 17.4. The Labute approximate surface area is 167 Å². The molecule has 0 spiro atoms. The van der Waals surface area contributed by atoms with Gasteiger partial charge in [-0.15, -0.1) is 24.0 Å². The normalized spacial score (nSPS) is 15.3. The molecule has 0 aliphatic carbocycles. The molecular weight excluding hydrogens is 431 g/mol. The Hall–Kier alpha value is -1.51. The van der Waals surface area contributed by atoms with Crippen LogP contribution in [-0.4, -0.2) is 56.1 Å². The highest BCUT2D eigenvalue weighted by Crippen LogP contribution is 2.18. The van der Waals surface area contributed by atoms with Gasteiger partial charge < -0.3 is 20.3 Å². The zero-order chi connectivity index (χ0) is 17.2. The number of ether oxygens (including phenoxy) is 1. The molecule has 2 rings (SSSR count). The van der Waals surface area contributed by atoms with Crippen molar-refractivity contribution < 1.29 is 9.53 Å². The van der Waals surface area contributed by atoms with Gasteiger partial charge in [-0.1, -0.05) is 25.1 Å². The van der Waals surface area contributed by atoms with Gasteiger partial charge in [0.25, 0.3) is 0 Å². The second-order valence-corrected chi connectivity index (χ2v) is 5.87. The topological polar surface area (TPSA) is 66.0 Å². The molecule has 0 aromatic heterocycles. The lowest BCUT2D eigenvalue weighted by Gasteiger charge is -2.34. The number of hydrogen-bond acceptors (Lipinski definition) is 3. The lowest BCUT2D eigenvalue weighted by molar-refractivity contribution is -0.120. The van der Waals surface area contributed by atoms with Crippen molar-refractivity contribution >= 4 is 35.8 Å². The van der Waals surface area contributed by atoms with Gasteiger partial charge in [0.15, 0.2) is 5.96 Å². The summed E-state index contributed by atoms with van der Waals surface area (Å²) in [6.45, 7) is 4.74. The smallest absolute Gasteiger partial charge is 0.239 e. The van der Waals surface area contributed by atoms with Gasteiger partial charge in [-0.3, -0.25) is 9.79 Å². The Morgan fingerprint density at radius 3 is 2.52 bits per heavy atom. The number of amides is 1. The van der Waals surface area contributed by atoms with Crippen LogP contribution in [0.5, 0.6) is 5.75 Å². The van der Waals surface area contributed by atoms with Crippen LogP contribution < -0.4 is 15.4 Å². The number of benzene rings is 1. The lowest BCUT2D eigenvalue weighted by Crippen LogP contribution is -2.49. The molecule has 1 aromatic rings. The van der Waals surface area contributed by atoms with E-state index in [9.17, 15) is 4.79 Å². The number of rotatable bonds is 6. The highest BCUT2D eigenvalue weighted by atomic mass is 127. The van der Waals surface area contributed by atoms with Gasteiger partial charge in [0, 0.05) is 39.5 Å². The summed E-state index contributed by atoms with van der Waals surface area (Å²) in [5.41, 5.74) is 0. The van der Waals surface area contributed by atoms with E-state index < -0.39 is 0 Å². The average molecular weight is 460 g/mol. The Balaban J connectivity index is 0.00000312. The van der Waals surface area contributed by atoms with Crippen LogP contribution >= 0.6 is 24.0 Å². The average Bonchev–Trinajstić information content (AvgIpc) is 2.62. The number of para-hydroxylation sites is 1. The standard InChI is InChI=1S/C18H28N4O2.HI/c1-3-11-20-17(23)14-21-18(19-2)22-12-9-16(10-13-22)24-15-7-5-4-6-8-15;/h4-8,16H,3,9-14H2,1-2H3,(H,19,21)(H,20,23);1H. The minimum atomic E-state index is 0. The van der Waals surface area contributed by atoms with E-state index >= 15 is 0 Å². The predicted molar refractivity (Wildman–Crippen MR) is 112 cm³/mol. The maximum absolute atomic E-state index is 11.7. The minimum absolute atomic E-state index is 0. The van der Waals surface area contributed by atoms with Crippen molar-refractivity contribution in [3.8, 4) is 5.75 Å². The van der Waals surface area contributed by atoms with Crippen LogP contribution in [0.3, 0.4) is 0 Å². The number of guanidine groups is 1. The molecule has 0 saturated carbocycles. The van der Waals surface area contributed by atoms with Crippen LogP contribution in [0, 0.1) is 0 Å². The third-order valence-electron chi connectivity index (χ3n) is 3.98. The van der Waals surface area contributed by atoms with E-state index in [1.54, 1.807) is 7.05 Å². The van der Waals surface area contributed by atoms with E-state index in [-0.39, 0.29) is 42.5 Å². The highest BCUT2D eigenvalue weighted by Gasteiger charge is 2.22. The third-order valence-corrected chi connectivity index (χ3v) is 3.98. The summed E-state index contributed by atoms with van der Waals surface area (Å²) in [5.74, 6) is 1.70. The SMILES string of the molecule is CCCNC(=O)CNC(=NC)N1CCC(Oc2ccccc2)CC1.I. The fraction of sp³-hybridized carbons (Fsp3) is 0.556. The molecule has 1 aliphatic rings. The Morgan fingerprint density at radius 1 is 1.24 bits per heavy atom. The Kier molecular flexibility index (Phi) is 10.3. The van der Waals surface area contributed by atoms with Crippen LogP contribution in [0.15, 0.2) is 35.3 Å². The van der Waals surface area contributed by atoms with E-state index in [1.165, 1.54) is 0 Å². The second kappa shape index (κ2) is 11.9. The van der Waals surface area contributed by atoms with E-state index in [4.69, 9.17) is 4.74 Å². The van der Waals surface area contributed by atoms with Gasteiger partial charge in [-0.2, -0.15) is 0 Å². The van der Waals surface area contributed by atoms with Crippen molar-refractivity contribution in [2.45, 2.75) is 32.3 Å². The molecule has 0 radical (unpaired) electrons. The van der Waals surface area contributed by atoms with Gasteiger partial charge in [-0.25, -0.2) is 0 Å². The van der Waals surface area contributed by atoms with E-state index in [0.29, 0.717) is 6.54 Å². The molecule has 140 valence electrons. The van der Waals surface area contributed by atoms with Crippen LogP contribution in [0.1, 0.15) is 26.2 Å². The lowest BCUT2D eigenvalue weighted by atomic mass is 10.1. The maximum atomic E-state index is 11.7. The molecule has 0 unspecified atom stereocenters. The summed E-state index contributed by atoms with van der Waals surface area (Å²) in [5, 5.41) is 5.99. The molecule has 1 heterocycles. The van der Waals surface area contributed by atoms with Crippen LogP contribution in [0.25, 0.3) is 0 Å². The first-order chi connectivity index (χ1) is 11.7. The summed E-state index contributed by atoms with van der Waals surface area (Å²) < 4.78 is 6.01. The quantitative estimate of drug-likeness (QED) is 0.389. The molecule has 1 saturated heterocycles. The number of carbonyl (C=O) groups excluding carboxylic acids is 1. The van der Waals surface area contributed by atoms with Gasteiger partial charge >= 0.3 is 0 Å². The molecule has 1 aliphatic heterocycles. The summed E-state index contributed by atoms with van der Waals surface area (Å²) in [6, 6.07) is 9.94. The number of carbonyl (C=O) groups is 1. The largest absolute Gasteiger partial charge is 0.490 e. The van der Waals surface area contributed by atoms with Crippen molar-refractivity contribution in [3.05, 3.63) is 30.3 Å². The van der Waals surface area contributed by atoms with Crippen LogP contribution in [0.2, 0.25) is 0 Å². The van der Waals surface area contributed by atoms with Crippen molar-refractivity contribution in [1.82, 2.24) is 15.5 Å². The number of hydrogen-bond donors (Lipinski definition) is 2. The van der Waals surface area contributed by atoms with E-state index in [0.717, 1.165) is 44.1 Å². The molecule has 0 bridgehead atoms. The molecule has 1 amide bonds. The predicted octanol–water partition coefficient (Wildman–Crippen LogP) is 2.25. The number of aliphatic imine (C=N–C) groups is 1. The number of likely N-dealkylation sites (tertiary alicyclic amines) is 1. The van der Waals surface area contributed by atoms with Crippen LogP contribution in [-0.2, 0) is 4.79 Å². The highest BCUT2D eigenvalue weighted by molar-refractivity contribution is 14.0. The van der Waals surface area contributed by atoms with E-state index in [1.807, 2.05) is 37.3 Å². The molecule has 0 atom stereocenters. The molecule has 1 fully saturated rings.